The number of alkyl halides is 2. The van der Waals surface area contributed by atoms with E-state index in [-0.39, 0.29) is 16.6 Å². The van der Waals surface area contributed by atoms with Gasteiger partial charge in [-0.1, -0.05) is 12.1 Å². The van der Waals surface area contributed by atoms with Crippen LogP contribution in [0.4, 0.5) is 14.5 Å². The van der Waals surface area contributed by atoms with E-state index in [1.165, 1.54) is 18.2 Å². The Hall–Kier alpha value is -1.21. The highest BCUT2D eigenvalue weighted by Crippen LogP contribution is 2.27. The Morgan fingerprint density at radius 3 is 2.63 bits per heavy atom. The molecule has 0 bridgehead atoms. The van der Waals surface area contributed by atoms with Crippen LogP contribution in [-0.2, 0) is 9.84 Å². The average molecular weight is 290 g/mol. The zero-order valence-corrected chi connectivity index (χ0v) is 11.3. The van der Waals surface area contributed by atoms with Gasteiger partial charge in [0.2, 0.25) is 9.84 Å². The first kappa shape index (κ1) is 14.2. The van der Waals surface area contributed by atoms with Gasteiger partial charge in [-0.05, 0) is 32.1 Å². The van der Waals surface area contributed by atoms with Crippen molar-refractivity contribution in [2.45, 2.75) is 23.1 Å². The molecule has 1 heterocycles. The maximum absolute atomic E-state index is 12.6. The molecule has 1 aliphatic heterocycles. The van der Waals surface area contributed by atoms with Crippen LogP contribution in [0, 0.1) is 0 Å². The summed E-state index contributed by atoms with van der Waals surface area (Å²) in [5.74, 6) is -3.40. The summed E-state index contributed by atoms with van der Waals surface area (Å²) in [4.78, 5) is 1.77. The molecule has 0 amide bonds. The molecule has 1 unspecified atom stereocenters. The van der Waals surface area contributed by atoms with E-state index in [0.717, 1.165) is 19.5 Å². The van der Waals surface area contributed by atoms with Crippen LogP contribution in [0.25, 0.3) is 0 Å². The number of nitrogens with zero attached hydrogens (tertiary/aromatic N) is 1. The number of nitrogens with one attached hydrogen (secondary N) is 1. The fraction of sp³-hybridized carbons (Fsp3) is 0.500. The molecule has 0 saturated carbocycles. The van der Waals surface area contributed by atoms with Crippen molar-refractivity contribution in [2.24, 2.45) is 0 Å². The van der Waals surface area contributed by atoms with Gasteiger partial charge in [-0.3, -0.25) is 0 Å². The molecule has 1 aromatic rings. The van der Waals surface area contributed by atoms with Gasteiger partial charge in [0.1, 0.15) is 0 Å². The molecule has 0 aliphatic carbocycles. The lowest BCUT2D eigenvalue weighted by Crippen LogP contribution is -2.25. The molecule has 1 fully saturated rings. The topological polar surface area (TPSA) is 49.4 Å². The van der Waals surface area contributed by atoms with Crippen molar-refractivity contribution in [3.8, 4) is 0 Å². The number of hydrogen-bond acceptors (Lipinski definition) is 4. The smallest absolute Gasteiger partial charge is 0.341 e. The standard InChI is InChI=1S/C12H16F2N2O2S/c1-16-7-6-9(8-16)15-10-4-2-3-5-11(10)19(17,18)12(13)14/h2-5,9,12,15H,6-8H2,1H3. The Balaban J connectivity index is 2.27. The number of hydrogen-bond donors (Lipinski definition) is 1. The molecule has 1 N–H and O–H groups in total. The minimum Gasteiger partial charge on any atom is -0.380 e. The van der Waals surface area contributed by atoms with Gasteiger partial charge in [0, 0.05) is 12.6 Å². The molecule has 0 aromatic heterocycles. The molecule has 1 saturated heterocycles. The number of benzene rings is 1. The Labute approximate surface area is 111 Å². The summed E-state index contributed by atoms with van der Waals surface area (Å²) in [6.07, 6.45) is 0.861. The molecular formula is C12H16F2N2O2S. The Morgan fingerprint density at radius 1 is 1.37 bits per heavy atom. The van der Waals surface area contributed by atoms with E-state index in [2.05, 4.69) is 10.2 Å². The Bertz CT molecular complexity index is 548. The maximum atomic E-state index is 12.6. The van der Waals surface area contributed by atoms with Gasteiger partial charge < -0.3 is 10.2 Å². The lowest BCUT2D eigenvalue weighted by Gasteiger charge is -2.17. The van der Waals surface area contributed by atoms with Crippen molar-refractivity contribution in [3.63, 3.8) is 0 Å². The van der Waals surface area contributed by atoms with Gasteiger partial charge in [0.25, 0.3) is 0 Å². The Kier molecular flexibility index (Phi) is 4.05. The third-order valence-corrected chi connectivity index (χ3v) is 4.62. The maximum Gasteiger partial charge on any atom is 0.341 e. The summed E-state index contributed by atoms with van der Waals surface area (Å²) in [5.41, 5.74) is 0.253. The van der Waals surface area contributed by atoms with Crippen LogP contribution < -0.4 is 5.32 Å². The van der Waals surface area contributed by atoms with Gasteiger partial charge in [-0.25, -0.2) is 8.42 Å². The highest BCUT2D eigenvalue weighted by Gasteiger charge is 2.30. The van der Waals surface area contributed by atoms with Crippen molar-refractivity contribution in [1.29, 1.82) is 0 Å². The number of likely N-dealkylation sites (tertiary alicyclic amines) is 1. The first-order valence-corrected chi connectivity index (χ1v) is 7.52. The van der Waals surface area contributed by atoms with Crippen LogP contribution in [0.2, 0.25) is 0 Å². The zero-order chi connectivity index (χ0) is 14.0. The lowest BCUT2D eigenvalue weighted by atomic mass is 10.2. The minimum absolute atomic E-state index is 0.0824. The third-order valence-electron chi connectivity index (χ3n) is 3.18. The predicted octanol–water partition coefficient (Wildman–Crippen LogP) is 1.80. The lowest BCUT2D eigenvalue weighted by molar-refractivity contribution is 0.235. The second-order valence-electron chi connectivity index (χ2n) is 4.69. The van der Waals surface area contributed by atoms with Crippen LogP contribution in [0.5, 0.6) is 0 Å². The van der Waals surface area contributed by atoms with E-state index in [0.29, 0.717) is 0 Å². The van der Waals surface area contributed by atoms with E-state index in [1.54, 1.807) is 6.07 Å². The summed E-state index contributed by atoms with van der Waals surface area (Å²) in [6.45, 7) is 1.67. The van der Waals surface area contributed by atoms with Crippen LogP contribution in [0.15, 0.2) is 29.2 Å². The second kappa shape index (κ2) is 5.42. The minimum atomic E-state index is -4.57. The average Bonchev–Trinajstić information content (AvgIpc) is 2.75. The van der Waals surface area contributed by atoms with Gasteiger partial charge in [0.05, 0.1) is 10.6 Å². The van der Waals surface area contributed by atoms with E-state index in [1.807, 2.05) is 7.05 Å². The van der Waals surface area contributed by atoms with Gasteiger partial charge in [0.15, 0.2) is 0 Å². The Morgan fingerprint density at radius 2 is 2.05 bits per heavy atom. The van der Waals surface area contributed by atoms with Crippen LogP contribution in [0.3, 0.4) is 0 Å². The molecule has 1 atom stereocenters. The highest BCUT2D eigenvalue weighted by molar-refractivity contribution is 7.91. The van der Waals surface area contributed by atoms with Crippen molar-refractivity contribution < 1.29 is 17.2 Å². The number of anilines is 1. The largest absolute Gasteiger partial charge is 0.380 e. The summed E-state index contributed by atoms with van der Waals surface area (Å²) in [5, 5.41) is 3.05. The van der Waals surface area contributed by atoms with E-state index in [9.17, 15) is 17.2 Å². The molecule has 106 valence electrons. The summed E-state index contributed by atoms with van der Waals surface area (Å²) < 4.78 is 48.4. The fourth-order valence-electron chi connectivity index (χ4n) is 2.20. The van der Waals surface area contributed by atoms with Crippen LogP contribution in [0.1, 0.15) is 6.42 Å². The second-order valence-corrected chi connectivity index (χ2v) is 6.58. The van der Waals surface area contributed by atoms with Crippen molar-refractivity contribution in [2.75, 3.05) is 25.5 Å². The molecule has 0 spiro atoms. The van der Waals surface area contributed by atoms with Gasteiger partial charge in [-0.2, -0.15) is 8.78 Å². The number of para-hydroxylation sites is 1. The number of rotatable bonds is 4. The van der Waals surface area contributed by atoms with Crippen molar-refractivity contribution in [1.82, 2.24) is 4.90 Å². The van der Waals surface area contributed by atoms with E-state index < -0.39 is 15.6 Å². The SMILES string of the molecule is CN1CCC(Nc2ccccc2S(=O)(=O)C(F)F)C1. The van der Waals surface area contributed by atoms with Gasteiger partial charge >= 0.3 is 5.76 Å². The van der Waals surface area contributed by atoms with E-state index in [4.69, 9.17) is 0 Å². The molecule has 1 aliphatic rings. The van der Waals surface area contributed by atoms with Crippen LogP contribution in [-0.4, -0.2) is 45.3 Å². The van der Waals surface area contributed by atoms with Gasteiger partial charge in [-0.15, -0.1) is 0 Å². The van der Waals surface area contributed by atoms with Crippen molar-refractivity contribution in [3.05, 3.63) is 24.3 Å². The number of likely N-dealkylation sites (N-methyl/N-ethyl adjacent to an activating group) is 1. The van der Waals surface area contributed by atoms with Crippen LogP contribution >= 0.6 is 0 Å². The highest BCUT2D eigenvalue weighted by atomic mass is 32.2. The number of sulfone groups is 1. The monoisotopic (exact) mass is 290 g/mol. The quantitative estimate of drug-likeness (QED) is 0.918. The van der Waals surface area contributed by atoms with E-state index >= 15 is 0 Å². The molecule has 4 nitrogen and oxygen atoms in total. The fourth-order valence-corrected chi connectivity index (χ4v) is 3.10. The summed E-state index contributed by atoms with van der Waals surface area (Å²) in [6, 6.07) is 5.89. The molecule has 1 aromatic carbocycles. The van der Waals surface area contributed by atoms with Crippen molar-refractivity contribution >= 4 is 15.5 Å². The summed E-state index contributed by atoms with van der Waals surface area (Å²) >= 11 is 0. The molecule has 19 heavy (non-hydrogen) atoms. The first-order valence-electron chi connectivity index (χ1n) is 5.97. The zero-order valence-electron chi connectivity index (χ0n) is 10.5. The molecular weight excluding hydrogens is 274 g/mol. The summed E-state index contributed by atoms with van der Waals surface area (Å²) in [7, 11) is -2.61. The normalized spacial score (nSPS) is 20.9. The third kappa shape index (κ3) is 3.03. The first-order chi connectivity index (χ1) is 8.91. The molecule has 2 rings (SSSR count). The predicted molar refractivity (Wildman–Crippen MR) is 69.2 cm³/mol. The number of halogens is 2. The molecule has 0 radical (unpaired) electrons. The molecule has 7 heteroatoms.